The molecule has 1 atom stereocenters. The van der Waals surface area contributed by atoms with Crippen molar-refractivity contribution in [2.75, 3.05) is 17.1 Å². The van der Waals surface area contributed by atoms with Gasteiger partial charge in [-0.3, -0.25) is 13.9 Å². The first-order chi connectivity index (χ1) is 18.6. The third kappa shape index (κ3) is 8.76. The lowest BCUT2D eigenvalue weighted by Crippen LogP contribution is -2.56. The number of benzene rings is 3. The van der Waals surface area contributed by atoms with E-state index in [1.54, 1.807) is 20.8 Å². The van der Waals surface area contributed by atoms with E-state index in [2.05, 4.69) is 5.32 Å². The summed E-state index contributed by atoms with van der Waals surface area (Å²) in [6.07, 6.45) is 1.05. The normalized spacial score (nSPS) is 12.5. The molecule has 7 nitrogen and oxygen atoms in total. The lowest BCUT2D eigenvalue weighted by molar-refractivity contribution is -0.140. The number of hydrogen-bond donors (Lipinski definition) is 1. The molecule has 214 valence electrons. The summed E-state index contributed by atoms with van der Waals surface area (Å²) in [4.78, 5) is 28.9. The van der Waals surface area contributed by atoms with Gasteiger partial charge in [0.1, 0.15) is 24.2 Å². The van der Waals surface area contributed by atoms with Crippen molar-refractivity contribution in [1.82, 2.24) is 10.2 Å². The van der Waals surface area contributed by atoms with Gasteiger partial charge in [0, 0.05) is 18.5 Å². The molecule has 0 spiro atoms. The molecule has 11 heteroatoms. The van der Waals surface area contributed by atoms with Crippen LogP contribution in [-0.4, -0.2) is 49.5 Å². The van der Waals surface area contributed by atoms with Gasteiger partial charge in [-0.05, 0) is 62.2 Å². The molecule has 40 heavy (non-hydrogen) atoms. The first-order valence-electron chi connectivity index (χ1n) is 12.5. The zero-order valence-corrected chi connectivity index (χ0v) is 24.3. The highest BCUT2D eigenvalue weighted by molar-refractivity contribution is 7.92. The van der Waals surface area contributed by atoms with Crippen molar-refractivity contribution in [2.24, 2.45) is 0 Å². The standard InChI is InChI=1S/C29H32ClF2N3O4S/c1-29(2,3)33-28(37)26(16-20-8-6-5-7-9-20)34(18-21-10-12-22(31)13-11-21)27(36)19-35(40(4,38)39)23-14-15-25(32)24(30)17-23/h5-15,17,26H,16,18-19H2,1-4H3,(H,33,37)/t26-/m0/s1. The minimum Gasteiger partial charge on any atom is -0.350 e. The van der Waals surface area contributed by atoms with Crippen molar-refractivity contribution in [2.45, 2.75) is 45.3 Å². The van der Waals surface area contributed by atoms with E-state index in [1.165, 1.54) is 35.2 Å². The van der Waals surface area contributed by atoms with Crippen LogP contribution in [0.25, 0.3) is 0 Å². The number of nitrogens with zero attached hydrogens (tertiary/aromatic N) is 2. The Morgan fingerprint density at radius 2 is 1.57 bits per heavy atom. The molecule has 0 aliphatic carbocycles. The number of anilines is 1. The molecule has 3 aromatic rings. The van der Waals surface area contributed by atoms with Crippen LogP contribution in [0.3, 0.4) is 0 Å². The maximum absolute atomic E-state index is 14.0. The molecule has 0 unspecified atom stereocenters. The van der Waals surface area contributed by atoms with E-state index in [4.69, 9.17) is 11.6 Å². The number of nitrogens with one attached hydrogen (secondary N) is 1. The van der Waals surface area contributed by atoms with Crippen LogP contribution in [0.5, 0.6) is 0 Å². The lowest BCUT2D eigenvalue weighted by atomic mass is 10.0. The minimum absolute atomic E-state index is 0.0114. The molecule has 0 bridgehead atoms. The molecular formula is C29H32ClF2N3O4S. The molecule has 3 rings (SSSR count). The van der Waals surface area contributed by atoms with Gasteiger partial charge >= 0.3 is 0 Å². The number of rotatable bonds is 10. The molecule has 3 aromatic carbocycles. The summed E-state index contributed by atoms with van der Waals surface area (Å²) in [7, 11) is -4.03. The maximum Gasteiger partial charge on any atom is 0.244 e. The third-order valence-electron chi connectivity index (χ3n) is 5.91. The van der Waals surface area contributed by atoms with E-state index < -0.39 is 51.6 Å². The summed E-state index contributed by atoms with van der Waals surface area (Å²) in [5, 5.41) is 2.60. The molecule has 0 aliphatic rings. The molecule has 2 amide bonds. The van der Waals surface area contributed by atoms with Gasteiger partial charge in [0.05, 0.1) is 17.0 Å². The highest BCUT2D eigenvalue weighted by Crippen LogP contribution is 2.25. The van der Waals surface area contributed by atoms with Gasteiger partial charge in [0.2, 0.25) is 21.8 Å². The van der Waals surface area contributed by atoms with Crippen molar-refractivity contribution in [3.05, 3.63) is 101 Å². The zero-order chi connectivity index (χ0) is 29.7. The van der Waals surface area contributed by atoms with Gasteiger partial charge in [-0.25, -0.2) is 17.2 Å². The molecule has 0 aromatic heterocycles. The number of sulfonamides is 1. The molecule has 0 radical (unpaired) electrons. The number of carbonyl (C=O) groups is 2. The monoisotopic (exact) mass is 591 g/mol. The Balaban J connectivity index is 2.08. The van der Waals surface area contributed by atoms with Gasteiger partial charge in [-0.15, -0.1) is 0 Å². The van der Waals surface area contributed by atoms with E-state index in [0.29, 0.717) is 5.56 Å². The Morgan fingerprint density at radius 3 is 2.12 bits per heavy atom. The second kappa shape index (κ2) is 12.8. The Hall–Kier alpha value is -3.50. The van der Waals surface area contributed by atoms with Crippen LogP contribution in [0.4, 0.5) is 14.5 Å². The Kier molecular flexibility index (Phi) is 9.92. The summed E-state index contributed by atoms with van der Waals surface area (Å²) in [6.45, 7) is 4.63. The first kappa shape index (κ1) is 31.0. The SMILES string of the molecule is CC(C)(C)NC(=O)[C@H](Cc1ccccc1)N(Cc1ccc(F)cc1)C(=O)CN(c1ccc(F)c(Cl)c1)S(C)(=O)=O. The van der Waals surface area contributed by atoms with Gasteiger partial charge in [0.15, 0.2) is 0 Å². The van der Waals surface area contributed by atoms with Crippen LogP contribution < -0.4 is 9.62 Å². The summed E-state index contributed by atoms with van der Waals surface area (Å²) < 4.78 is 53.8. The second-order valence-electron chi connectivity index (χ2n) is 10.5. The molecule has 0 aliphatic heterocycles. The fraction of sp³-hybridized carbons (Fsp3) is 0.310. The van der Waals surface area contributed by atoms with Crippen LogP contribution in [0.15, 0.2) is 72.8 Å². The predicted octanol–water partition coefficient (Wildman–Crippen LogP) is 4.94. The highest BCUT2D eigenvalue weighted by atomic mass is 35.5. The maximum atomic E-state index is 14.0. The number of hydrogen-bond acceptors (Lipinski definition) is 4. The van der Waals surface area contributed by atoms with Crippen LogP contribution in [0, 0.1) is 11.6 Å². The van der Waals surface area contributed by atoms with Crippen molar-refractivity contribution < 1.29 is 26.8 Å². The number of carbonyl (C=O) groups excluding carboxylic acids is 2. The van der Waals surface area contributed by atoms with Crippen molar-refractivity contribution in [3.8, 4) is 0 Å². The molecule has 0 saturated carbocycles. The number of amides is 2. The Bertz CT molecular complexity index is 1450. The average molecular weight is 592 g/mol. The minimum atomic E-state index is -4.03. The smallest absolute Gasteiger partial charge is 0.244 e. The lowest BCUT2D eigenvalue weighted by Gasteiger charge is -2.35. The topological polar surface area (TPSA) is 86.8 Å². The first-order valence-corrected chi connectivity index (χ1v) is 14.7. The Labute approximate surface area is 238 Å². The zero-order valence-electron chi connectivity index (χ0n) is 22.7. The fourth-order valence-electron chi connectivity index (χ4n) is 4.05. The van der Waals surface area contributed by atoms with Crippen LogP contribution in [0.2, 0.25) is 5.02 Å². The quantitative estimate of drug-likeness (QED) is 0.362. The van der Waals surface area contributed by atoms with Crippen molar-refractivity contribution >= 4 is 39.1 Å². The van der Waals surface area contributed by atoms with Crippen molar-refractivity contribution in [3.63, 3.8) is 0 Å². The summed E-state index contributed by atoms with van der Waals surface area (Å²) in [5.74, 6) is -2.35. The fourth-order valence-corrected chi connectivity index (χ4v) is 5.06. The van der Waals surface area contributed by atoms with Crippen molar-refractivity contribution in [1.29, 1.82) is 0 Å². The van der Waals surface area contributed by atoms with E-state index >= 15 is 0 Å². The Morgan fingerprint density at radius 1 is 0.950 bits per heavy atom. The van der Waals surface area contributed by atoms with E-state index in [9.17, 15) is 26.8 Å². The highest BCUT2D eigenvalue weighted by Gasteiger charge is 2.34. The van der Waals surface area contributed by atoms with Crippen LogP contribution in [-0.2, 0) is 32.6 Å². The third-order valence-corrected chi connectivity index (χ3v) is 7.34. The predicted molar refractivity (Wildman–Crippen MR) is 152 cm³/mol. The summed E-state index contributed by atoms with van der Waals surface area (Å²) >= 11 is 5.90. The summed E-state index contributed by atoms with van der Waals surface area (Å²) in [6, 6.07) is 16.8. The van der Waals surface area contributed by atoms with Gasteiger partial charge in [-0.2, -0.15) is 0 Å². The molecule has 1 N–H and O–H groups in total. The average Bonchev–Trinajstić information content (AvgIpc) is 2.86. The molecular weight excluding hydrogens is 560 g/mol. The second-order valence-corrected chi connectivity index (χ2v) is 12.8. The largest absolute Gasteiger partial charge is 0.350 e. The summed E-state index contributed by atoms with van der Waals surface area (Å²) in [5.41, 5.74) is 0.675. The van der Waals surface area contributed by atoms with E-state index in [-0.39, 0.29) is 23.7 Å². The van der Waals surface area contributed by atoms with E-state index in [0.717, 1.165) is 28.3 Å². The van der Waals surface area contributed by atoms with Crippen LogP contribution >= 0.6 is 11.6 Å². The van der Waals surface area contributed by atoms with Crippen LogP contribution in [0.1, 0.15) is 31.9 Å². The van der Waals surface area contributed by atoms with Gasteiger partial charge < -0.3 is 10.2 Å². The number of halogens is 3. The van der Waals surface area contributed by atoms with Gasteiger partial charge in [0.25, 0.3) is 0 Å². The van der Waals surface area contributed by atoms with E-state index in [1.807, 2.05) is 30.3 Å². The molecule has 0 heterocycles. The molecule has 0 fully saturated rings. The molecule has 0 saturated heterocycles. The van der Waals surface area contributed by atoms with Gasteiger partial charge in [-0.1, -0.05) is 54.1 Å².